The topological polar surface area (TPSA) is 65.9 Å². The monoisotopic (exact) mass is 503 g/mol. The quantitative estimate of drug-likeness (QED) is 0.600. The van der Waals surface area contributed by atoms with E-state index in [1.807, 2.05) is 36.3 Å². The van der Waals surface area contributed by atoms with Crippen molar-refractivity contribution in [2.45, 2.75) is 70.4 Å². The van der Waals surface area contributed by atoms with Crippen molar-refractivity contribution in [1.29, 1.82) is 0 Å². The molecule has 2 saturated heterocycles. The average Bonchev–Trinajstić information content (AvgIpc) is 3.37. The molecule has 1 aromatic carbocycles. The third-order valence-corrected chi connectivity index (χ3v) is 8.94. The first kappa shape index (κ1) is 26.2. The molecule has 2 aromatic rings. The van der Waals surface area contributed by atoms with Crippen LogP contribution in [0.3, 0.4) is 0 Å². The number of hydrogen-bond donors (Lipinski definition) is 1. The maximum absolute atomic E-state index is 15.4. The number of rotatable bonds is 7. The number of aromatic nitrogens is 1. The van der Waals surface area contributed by atoms with Gasteiger partial charge in [-0.25, -0.2) is 9.37 Å². The summed E-state index contributed by atoms with van der Waals surface area (Å²) >= 11 is 1.54. The number of halogens is 1. The Morgan fingerprint density at radius 1 is 1.31 bits per heavy atom. The van der Waals surface area contributed by atoms with Gasteiger partial charge in [0.15, 0.2) is 0 Å². The SMILES string of the molecule is CCC(C)(CO)c1cccc(CN2CCC3(CC2)CN(C(=O)c2csc(C(C)C)n2)CCO3)c1F. The number of benzene rings is 1. The molecular formula is C27H38FN3O3S. The first-order chi connectivity index (χ1) is 16.7. The molecular weight excluding hydrogens is 465 g/mol. The zero-order chi connectivity index (χ0) is 25.2. The molecule has 4 rings (SSSR count). The van der Waals surface area contributed by atoms with E-state index >= 15 is 4.39 Å². The number of nitrogens with zero attached hydrogens (tertiary/aromatic N) is 3. The second kappa shape index (κ2) is 10.6. The number of likely N-dealkylation sites (tertiary alicyclic amines) is 1. The van der Waals surface area contributed by atoms with Gasteiger partial charge in [0, 0.05) is 48.5 Å². The second-order valence-electron chi connectivity index (χ2n) is 10.6. The van der Waals surface area contributed by atoms with E-state index in [1.165, 1.54) is 0 Å². The smallest absolute Gasteiger partial charge is 0.273 e. The second-order valence-corrected chi connectivity index (χ2v) is 11.5. The fourth-order valence-corrected chi connectivity index (χ4v) is 5.86. The summed E-state index contributed by atoms with van der Waals surface area (Å²) in [6.45, 7) is 11.7. The molecule has 1 unspecified atom stereocenters. The van der Waals surface area contributed by atoms with Crippen LogP contribution in [0, 0.1) is 5.82 Å². The molecule has 1 atom stereocenters. The highest BCUT2D eigenvalue weighted by molar-refractivity contribution is 7.09. The highest BCUT2D eigenvalue weighted by atomic mass is 32.1. The number of hydrogen-bond acceptors (Lipinski definition) is 6. The van der Waals surface area contributed by atoms with Crippen molar-refractivity contribution in [2.24, 2.45) is 0 Å². The third kappa shape index (κ3) is 5.45. The maximum Gasteiger partial charge on any atom is 0.273 e. The molecule has 1 spiro atoms. The van der Waals surface area contributed by atoms with Crippen LogP contribution in [0.1, 0.15) is 79.5 Å². The number of carbonyl (C=O) groups is 1. The minimum atomic E-state index is -0.578. The van der Waals surface area contributed by atoms with Crippen molar-refractivity contribution >= 4 is 17.2 Å². The van der Waals surface area contributed by atoms with Crippen molar-refractivity contribution in [2.75, 3.05) is 39.4 Å². The molecule has 2 aliphatic rings. The molecule has 2 fully saturated rings. The van der Waals surface area contributed by atoms with E-state index in [2.05, 4.69) is 23.7 Å². The fourth-order valence-electron chi connectivity index (χ4n) is 5.05. The van der Waals surface area contributed by atoms with Crippen LogP contribution in [-0.2, 0) is 16.7 Å². The van der Waals surface area contributed by atoms with Crippen LogP contribution >= 0.6 is 11.3 Å². The van der Waals surface area contributed by atoms with Crippen molar-refractivity contribution < 1.29 is 19.0 Å². The van der Waals surface area contributed by atoms with Crippen LogP contribution in [0.15, 0.2) is 23.6 Å². The van der Waals surface area contributed by atoms with E-state index < -0.39 is 5.41 Å². The number of piperidine rings is 1. The van der Waals surface area contributed by atoms with E-state index in [1.54, 1.807) is 17.4 Å². The highest BCUT2D eigenvalue weighted by Gasteiger charge is 2.41. The largest absolute Gasteiger partial charge is 0.395 e. The van der Waals surface area contributed by atoms with Crippen LogP contribution in [-0.4, -0.2) is 70.8 Å². The lowest BCUT2D eigenvalue weighted by molar-refractivity contribution is -0.128. The zero-order valence-corrected chi connectivity index (χ0v) is 22.2. The van der Waals surface area contributed by atoms with E-state index in [0.29, 0.717) is 55.4 Å². The molecule has 1 aromatic heterocycles. The Kier molecular flexibility index (Phi) is 7.95. The molecule has 1 amide bonds. The normalized spacial score (nSPS) is 20.4. The third-order valence-electron chi connectivity index (χ3n) is 7.79. The molecule has 8 heteroatoms. The molecule has 35 heavy (non-hydrogen) atoms. The zero-order valence-electron chi connectivity index (χ0n) is 21.3. The first-order valence-electron chi connectivity index (χ1n) is 12.7. The summed E-state index contributed by atoms with van der Waals surface area (Å²) < 4.78 is 21.6. The number of ether oxygens (including phenoxy) is 1. The lowest BCUT2D eigenvalue weighted by Crippen LogP contribution is -2.58. The molecule has 192 valence electrons. The van der Waals surface area contributed by atoms with Gasteiger partial charge in [0.1, 0.15) is 11.5 Å². The lowest BCUT2D eigenvalue weighted by atomic mass is 9.80. The van der Waals surface area contributed by atoms with Gasteiger partial charge < -0.3 is 14.7 Å². The van der Waals surface area contributed by atoms with Gasteiger partial charge in [0.25, 0.3) is 5.91 Å². The van der Waals surface area contributed by atoms with Gasteiger partial charge in [-0.2, -0.15) is 0 Å². The van der Waals surface area contributed by atoms with Gasteiger partial charge in [-0.3, -0.25) is 9.69 Å². The van der Waals surface area contributed by atoms with E-state index in [4.69, 9.17) is 4.74 Å². The standard InChI is InChI=1S/C27H38FN3O3S/c1-5-26(4,18-32)21-8-6-7-20(23(21)28)15-30-11-9-27(10-12-30)17-31(13-14-34-27)25(33)22-16-35-24(29-22)19(2)3/h6-8,16,19,32H,5,9-15,17-18H2,1-4H3. The van der Waals surface area contributed by atoms with E-state index in [0.717, 1.165) is 30.9 Å². The van der Waals surface area contributed by atoms with Gasteiger partial charge in [0.2, 0.25) is 0 Å². The fraction of sp³-hybridized carbons (Fsp3) is 0.630. The van der Waals surface area contributed by atoms with Crippen LogP contribution in [0.2, 0.25) is 0 Å². The van der Waals surface area contributed by atoms with Crippen molar-refractivity contribution in [1.82, 2.24) is 14.8 Å². The summed E-state index contributed by atoms with van der Waals surface area (Å²) in [5.41, 5.74) is 0.855. The minimum Gasteiger partial charge on any atom is -0.395 e. The Morgan fingerprint density at radius 2 is 2.06 bits per heavy atom. The van der Waals surface area contributed by atoms with Crippen LogP contribution in [0.25, 0.3) is 0 Å². The number of amides is 1. The molecule has 3 heterocycles. The Hall–Kier alpha value is -1.87. The number of aliphatic hydroxyl groups is 1. The summed E-state index contributed by atoms with van der Waals surface area (Å²) in [5.74, 6) is 0.0905. The maximum atomic E-state index is 15.4. The van der Waals surface area contributed by atoms with Gasteiger partial charge in [-0.1, -0.05) is 45.9 Å². The molecule has 2 aliphatic heterocycles. The predicted octanol–water partition coefficient (Wildman–Crippen LogP) is 4.57. The van der Waals surface area contributed by atoms with Gasteiger partial charge in [-0.05, 0) is 24.8 Å². The summed E-state index contributed by atoms with van der Waals surface area (Å²) in [5, 5.41) is 12.7. The number of carbonyl (C=O) groups excluding carboxylic acids is 1. The van der Waals surface area contributed by atoms with Gasteiger partial charge in [-0.15, -0.1) is 11.3 Å². The molecule has 0 bridgehead atoms. The summed E-state index contributed by atoms with van der Waals surface area (Å²) in [6, 6.07) is 5.52. The Bertz CT molecular complexity index is 1030. The summed E-state index contributed by atoms with van der Waals surface area (Å²) in [6.07, 6.45) is 2.27. The van der Waals surface area contributed by atoms with Gasteiger partial charge in [0.05, 0.1) is 30.4 Å². The number of thiazole rings is 1. The molecule has 0 aliphatic carbocycles. The van der Waals surface area contributed by atoms with Gasteiger partial charge >= 0.3 is 0 Å². The van der Waals surface area contributed by atoms with Crippen molar-refractivity contribution in [3.05, 3.63) is 51.2 Å². The van der Waals surface area contributed by atoms with E-state index in [-0.39, 0.29) is 23.9 Å². The average molecular weight is 504 g/mol. The molecule has 0 saturated carbocycles. The van der Waals surface area contributed by atoms with Crippen LogP contribution in [0.4, 0.5) is 4.39 Å². The molecule has 6 nitrogen and oxygen atoms in total. The molecule has 0 radical (unpaired) electrons. The molecule has 1 N–H and O–H groups in total. The minimum absolute atomic E-state index is 0.0139. The first-order valence-corrected chi connectivity index (χ1v) is 13.6. The number of morpholine rings is 1. The van der Waals surface area contributed by atoms with Crippen molar-refractivity contribution in [3.8, 4) is 0 Å². The Morgan fingerprint density at radius 3 is 2.69 bits per heavy atom. The Balaban J connectivity index is 1.39. The predicted molar refractivity (Wildman–Crippen MR) is 136 cm³/mol. The van der Waals surface area contributed by atoms with Crippen LogP contribution in [0.5, 0.6) is 0 Å². The lowest BCUT2D eigenvalue weighted by Gasteiger charge is -2.47. The van der Waals surface area contributed by atoms with E-state index in [9.17, 15) is 9.90 Å². The van der Waals surface area contributed by atoms with Crippen molar-refractivity contribution in [3.63, 3.8) is 0 Å². The Labute approximate surface area is 212 Å². The highest BCUT2D eigenvalue weighted by Crippen LogP contribution is 2.34. The summed E-state index contributed by atoms with van der Waals surface area (Å²) in [7, 11) is 0. The number of aliphatic hydroxyl groups excluding tert-OH is 1. The summed E-state index contributed by atoms with van der Waals surface area (Å²) in [4.78, 5) is 21.8. The van der Waals surface area contributed by atoms with Crippen LogP contribution < -0.4 is 0 Å².